The number of esters is 1. The van der Waals surface area contributed by atoms with Crippen LogP contribution in [0.5, 0.6) is 0 Å². The van der Waals surface area contributed by atoms with Gasteiger partial charge in [0.15, 0.2) is 5.41 Å². The van der Waals surface area contributed by atoms with Gasteiger partial charge in [0.2, 0.25) is 0 Å². The molecule has 0 aromatic carbocycles. The fourth-order valence-electron chi connectivity index (χ4n) is 2.02. The Kier molecular flexibility index (Phi) is 1.29. The molecule has 2 aliphatic rings. The van der Waals surface area contributed by atoms with Crippen LogP contribution in [0.15, 0.2) is 0 Å². The molecule has 1 aliphatic heterocycles. The van der Waals surface area contributed by atoms with Gasteiger partial charge in [-0.25, -0.2) is 8.78 Å². The Labute approximate surface area is 68.1 Å². The van der Waals surface area contributed by atoms with Crippen molar-refractivity contribution in [3.8, 4) is 0 Å². The first-order valence-electron chi connectivity index (χ1n) is 3.74. The molecule has 0 spiro atoms. The van der Waals surface area contributed by atoms with Crippen LogP contribution in [0.3, 0.4) is 0 Å². The van der Waals surface area contributed by atoms with Gasteiger partial charge < -0.3 is 10.1 Å². The van der Waals surface area contributed by atoms with E-state index >= 15 is 0 Å². The summed E-state index contributed by atoms with van der Waals surface area (Å²) in [4.78, 5) is 11.1. The van der Waals surface area contributed by atoms with Gasteiger partial charge in [-0.3, -0.25) is 4.79 Å². The Morgan fingerprint density at radius 1 is 1.67 bits per heavy atom. The largest absolute Gasteiger partial charge is 0.468 e. The molecule has 0 bridgehead atoms. The number of halogens is 2. The van der Waals surface area contributed by atoms with Gasteiger partial charge in [-0.2, -0.15) is 0 Å². The number of fused-ring (bicyclic) bond motifs is 1. The van der Waals surface area contributed by atoms with E-state index in [0.717, 1.165) is 7.11 Å². The summed E-state index contributed by atoms with van der Waals surface area (Å²) in [6.07, 6.45) is 0. The predicted octanol–water partition coefficient (Wildman–Crippen LogP) is 0.0141. The van der Waals surface area contributed by atoms with Gasteiger partial charge >= 0.3 is 5.97 Å². The molecule has 3 nitrogen and oxygen atoms in total. The lowest BCUT2D eigenvalue weighted by molar-refractivity contribution is -0.150. The van der Waals surface area contributed by atoms with Crippen LogP contribution in [-0.2, 0) is 9.53 Å². The van der Waals surface area contributed by atoms with Crippen LogP contribution in [-0.4, -0.2) is 32.1 Å². The number of rotatable bonds is 1. The van der Waals surface area contributed by atoms with Crippen molar-refractivity contribution in [1.82, 2.24) is 5.32 Å². The molecule has 5 heteroatoms. The Bertz CT molecular complexity index is 244. The van der Waals surface area contributed by atoms with Gasteiger partial charge in [-0.1, -0.05) is 0 Å². The monoisotopic (exact) mass is 177 g/mol. The van der Waals surface area contributed by atoms with Crippen molar-refractivity contribution in [3.63, 3.8) is 0 Å². The maximum absolute atomic E-state index is 13.0. The molecule has 1 heterocycles. The molecule has 1 saturated carbocycles. The number of ether oxygens (including phenoxy) is 1. The van der Waals surface area contributed by atoms with E-state index in [1.54, 1.807) is 0 Å². The molecule has 2 fully saturated rings. The van der Waals surface area contributed by atoms with Crippen molar-refractivity contribution in [2.45, 2.75) is 5.92 Å². The standard InChI is InChI=1S/C7H9F2NO2/c1-12-5(11)6-3-10-2-4(6)7(6,8)9/h4,10H,2-3H2,1H3/t4-,6-/m0/s1. The van der Waals surface area contributed by atoms with E-state index in [9.17, 15) is 13.6 Å². The van der Waals surface area contributed by atoms with Gasteiger partial charge in [0.05, 0.1) is 13.0 Å². The highest BCUT2D eigenvalue weighted by Crippen LogP contribution is 2.68. The van der Waals surface area contributed by atoms with Crippen molar-refractivity contribution in [2.24, 2.45) is 11.3 Å². The third kappa shape index (κ3) is 0.576. The Hall–Kier alpha value is -0.710. The van der Waals surface area contributed by atoms with Crippen molar-refractivity contribution in [1.29, 1.82) is 0 Å². The summed E-state index contributed by atoms with van der Waals surface area (Å²) in [5.74, 6) is -4.49. The highest BCUT2D eigenvalue weighted by atomic mass is 19.3. The van der Waals surface area contributed by atoms with Gasteiger partial charge in [0.1, 0.15) is 0 Å². The lowest BCUT2D eigenvalue weighted by Crippen LogP contribution is -2.32. The summed E-state index contributed by atoms with van der Waals surface area (Å²) in [6, 6.07) is 0. The molecule has 0 aromatic heterocycles. The van der Waals surface area contributed by atoms with Gasteiger partial charge in [0, 0.05) is 13.1 Å². The summed E-state index contributed by atoms with van der Waals surface area (Å²) < 4.78 is 30.3. The average molecular weight is 177 g/mol. The number of methoxy groups -OCH3 is 1. The van der Waals surface area contributed by atoms with Crippen LogP contribution in [0.1, 0.15) is 0 Å². The number of hydrogen-bond donors (Lipinski definition) is 1. The molecule has 0 radical (unpaired) electrons. The van der Waals surface area contributed by atoms with Crippen molar-refractivity contribution < 1.29 is 18.3 Å². The van der Waals surface area contributed by atoms with E-state index in [1.807, 2.05) is 0 Å². The van der Waals surface area contributed by atoms with Crippen LogP contribution in [0.2, 0.25) is 0 Å². The lowest BCUT2D eigenvalue weighted by atomic mass is 10.1. The zero-order valence-electron chi connectivity index (χ0n) is 6.56. The van der Waals surface area contributed by atoms with E-state index in [0.29, 0.717) is 0 Å². The molecular formula is C7H9F2NO2. The molecule has 2 atom stereocenters. The van der Waals surface area contributed by atoms with E-state index in [4.69, 9.17) is 0 Å². The Morgan fingerprint density at radius 3 is 2.75 bits per heavy atom. The second-order valence-corrected chi connectivity index (χ2v) is 3.27. The summed E-state index contributed by atoms with van der Waals surface area (Å²) >= 11 is 0. The smallest absolute Gasteiger partial charge is 0.319 e. The molecule has 12 heavy (non-hydrogen) atoms. The van der Waals surface area contributed by atoms with Crippen LogP contribution < -0.4 is 5.32 Å². The van der Waals surface area contributed by atoms with E-state index in [1.165, 1.54) is 0 Å². The number of nitrogens with one attached hydrogen (secondary N) is 1. The third-order valence-electron chi connectivity index (χ3n) is 2.85. The van der Waals surface area contributed by atoms with E-state index in [2.05, 4.69) is 10.1 Å². The fraction of sp³-hybridized carbons (Fsp3) is 0.857. The van der Waals surface area contributed by atoms with Crippen molar-refractivity contribution in [2.75, 3.05) is 20.2 Å². The molecule has 68 valence electrons. The zero-order valence-corrected chi connectivity index (χ0v) is 6.56. The second-order valence-electron chi connectivity index (χ2n) is 3.27. The number of piperidine rings is 1. The summed E-state index contributed by atoms with van der Waals surface area (Å²) in [5, 5.41) is 2.75. The molecular weight excluding hydrogens is 168 g/mol. The molecule has 1 aliphatic carbocycles. The number of carbonyl (C=O) groups excluding carboxylic acids is 1. The third-order valence-corrected chi connectivity index (χ3v) is 2.85. The first kappa shape index (κ1) is 7.91. The minimum absolute atomic E-state index is 0.0390. The molecule has 2 rings (SSSR count). The predicted molar refractivity (Wildman–Crippen MR) is 35.8 cm³/mol. The first-order chi connectivity index (χ1) is 5.57. The maximum Gasteiger partial charge on any atom is 0.319 e. The number of hydrogen-bond acceptors (Lipinski definition) is 3. The second kappa shape index (κ2) is 1.96. The molecule has 0 unspecified atom stereocenters. The summed E-state index contributed by atoms with van der Waals surface area (Å²) in [6.45, 7) is 0.249. The Balaban J connectivity index is 2.27. The van der Waals surface area contributed by atoms with Gasteiger partial charge in [-0.15, -0.1) is 0 Å². The van der Waals surface area contributed by atoms with Crippen LogP contribution >= 0.6 is 0 Å². The van der Waals surface area contributed by atoms with E-state index in [-0.39, 0.29) is 13.1 Å². The van der Waals surface area contributed by atoms with Crippen LogP contribution in [0, 0.1) is 11.3 Å². The molecule has 0 aromatic rings. The summed E-state index contributed by atoms with van der Waals surface area (Å²) in [7, 11) is 1.14. The quantitative estimate of drug-likeness (QED) is 0.573. The molecule has 0 amide bonds. The Morgan fingerprint density at radius 2 is 2.33 bits per heavy atom. The molecule has 1 N–H and O–H groups in total. The minimum Gasteiger partial charge on any atom is -0.468 e. The minimum atomic E-state index is -2.86. The average Bonchev–Trinajstić information content (AvgIpc) is 2.48. The molecule has 1 saturated heterocycles. The lowest BCUT2D eigenvalue weighted by Gasteiger charge is -2.10. The highest BCUT2D eigenvalue weighted by molar-refractivity contribution is 5.84. The number of alkyl halides is 2. The van der Waals surface area contributed by atoms with E-state index < -0.39 is 23.2 Å². The summed E-state index contributed by atoms with van der Waals surface area (Å²) in [5.41, 5.74) is -1.54. The van der Waals surface area contributed by atoms with Gasteiger partial charge in [0.25, 0.3) is 5.92 Å². The first-order valence-corrected chi connectivity index (χ1v) is 3.74. The maximum atomic E-state index is 13.0. The van der Waals surface area contributed by atoms with Crippen LogP contribution in [0.25, 0.3) is 0 Å². The zero-order chi connectivity index (χ0) is 8.98. The topological polar surface area (TPSA) is 38.3 Å². The number of carbonyl (C=O) groups is 1. The highest BCUT2D eigenvalue weighted by Gasteiger charge is 2.87. The van der Waals surface area contributed by atoms with Crippen molar-refractivity contribution in [3.05, 3.63) is 0 Å². The van der Waals surface area contributed by atoms with Gasteiger partial charge in [-0.05, 0) is 0 Å². The SMILES string of the molecule is COC(=O)[C@]12CNC[C@@H]1C2(F)F. The van der Waals surface area contributed by atoms with Crippen LogP contribution in [0.4, 0.5) is 8.78 Å². The van der Waals surface area contributed by atoms with Crippen molar-refractivity contribution >= 4 is 5.97 Å². The fourth-order valence-corrected chi connectivity index (χ4v) is 2.02. The normalized spacial score (nSPS) is 42.1.